The van der Waals surface area contributed by atoms with Crippen molar-refractivity contribution in [2.24, 2.45) is 0 Å². The van der Waals surface area contributed by atoms with Crippen molar-refractivity contribution in [3.8, 4) is 5.75 Å². The zero-order valence-electron chi connectivity index (χ0n) is 16.8. The lowest BCUT2D eigenvalue weighted by Gasteiger charge is -2.12. The Hall–Kier alpha value is -3.52. The number of hydrogen-bond donors (Lipinski definition) is 2. The number of nitrogens with one attached hydrogen (secondary N) is 2. The molecule has 0 aliphatic rings. The van der Waals surface area contributed by atoms with Crippen molar-refractivity contribution >= 4 is 34.8 Å². The van der Waals surface area contributed by atoms with Gasteiger partial charge >= 0.3 is 6.18 Å². The van der Waals surface area contributed by atoms with Gasteiger partial charge in [0.25, 0.3) is 11.8 Å². The van der Waals surface area contributed by atoms with E-state index in [0.29, 0.717) is 17.0 Å². The first-order chi connectivity index (χ1) is 15.1. The van der Waals surface area contributed by atoms with E-state index in [9.17, 15) is 22.8 Å². The van der Waals surface area contributed by atoms with Crippen LogP contribution in [0.15, 0.2) is 66.7 Å². The van der Waals surface area contributed by atoms with E-state index in [0.717, 1.165) is 23.8 Å². The molecule has 3 aromatic rings. The Morgan fingerprint density at radius 1 is 0.938 bits per heavy atom. The third kappa shape index (κ3) is 6.01. The van der Waals surface area contributed by atoms with E-state index in [4.69, 9.17) is 16.3 Å². The van der Waals surface area contributed by atoms with Gasteiger partial charge in [0.15, 0.2) is 6.61 Å². The second kappa shape index (κ2) is 9.74. The molecular formula is C23H18ClF3N2O3. The van der Waals surface area contributed by atoms with Crippen molar-refractivity contribution in [3.63, 3.8) is 0 Å². The van der Waals surface area contributed by atoms with Crippen LogP contribution in [-0.2, 0) is 11.0 Å². The molecular weight excluding hydrogens is 445 g/mol. The summed E-state index contributed by atoms with van der Waals surface area (Å²) in [4.78, 5) is 24.4. The van der Waals surface area contributed by atoms with Gasteiger partial charge in [0.2, 0.25) is 0 Å². The Bertz CT molecular complexity index is 1130. The fourth-order valence-electron chi connectivity index (χ4n) is 2.74. The molecule has 0 unspecified atom stereocenters. The van der Waals surface area contributed by atoms with E-state index < -0.39 is 24.3 Å². The monoisotopic (exact) mass is 462 g/mol. The molecule has 0 bridgehead atoms. The number of carbonyl (C=O) groups excluding carboxylic acids is 2. The minimum atomic E-state index is -4.56. The summed E-state index contributed by atoms with van der Waals surface area (Å²) in [5, 5.41) is 5.07. The molecule has 3 aromatic carbocycles. The molecule has 5 nitrogen and oxygen atoms in total. The van der Waals surface area contributed by atoms with Crippen LogP contribution >= 0.6 is 11.6 Å². The van der Waals surface area contributed by atoms with Gasteiger partial charge in [-0.05, 0) is 61.0 Å². The Balaban J connectivity index is 1.57. The molecule has 0 radical (unpaired) electrons. The lowest BCUT2D eigenvalue weighted by atomic mass is 10.1. The summed E-state index contributed by atoms with van der Waals surface area (Å²) < 4.78 is 43.8. The maximum absolute atomic E-state index is 12.8. The molecule has 0 spiro atoms. The molecule has 3 rings (SSSR count). The summed E-state index contributed by atoms with van der Waals surface area (Å²) in [5.74, 6) is -0.682. The van der Waals surface area contributed by atoms with Crippen molar-refractivity contribution in [2.45, 2.75) is 13.1 Å². The van der Waals surface area contributed by atoms with Crippen LogP contribution in [0.3, 0.4) is 0 Å². The molecule has 166 valence electrons. The van der Waals surface area contributed by atoms with Crippen LogP contribution in [0.25, 0.3) is 0 Å². The number of anilines is 2. The molecule has 0 atom stereocenters. The van der Waals surface area contributed by atoms with Crippen LogP contribution in [0.1, 0.15) is 21.5 Å². The maximum Gasteiger partial charge on any atom is 0.416 e. The number of rotatable bonds is 6. The van der Waals surface area contributed by atoms with Gasteiger partial charge in [0, 0.05) is 11.3 Å². The quantitative estimate of drug-likeness (QED) is 0.476. The predicted molar refractivity (Wildman–Crippen MR) is 116 cm³/mol. The maximum atomic E-state index is 12.8. The molecule has 0 aliphatic carbocycles. The molecule has 0 saturated heterocycles. The zero-order valence-corrected chi connectivity index (χ0v) is 17.6. The van der Waals surface area contributed by atoms with Gasteiger partial charge < -0.3 is 15.4 Å². The number of ether oxygens (including phenoxy) is 1. The average Bonchev–Trinajstić information content (AvgIpc) is 2.75. The standard InChI is InChI=1S/C23H18ClF3N2O3/c1-14-4-2-3-5-19(14)29-22(31)15-6-9-17(10-7-15)32-13-21(30)28-20-12-16(23(25,26)27)8-11-18(20)24/h2-12H,13H2,1H3,(H,28,30)(H,29,31). The van der Waals surface area contributed by atoms with Gasteiger partial charge in [0.05, 0.1) is 16.3 Å². The molecule has 32 heavy (non-hydrogen) atoms. The van der Waals surface area contributed by atoms with E-state index >= 15 is 0 Å². The smallest absolute Gasteiger partial charge is 0.416 e. The lowest BCUT2D eigenvalue weighted by molar-refractivity contribution is -0.137. The average molecular weight is 463 g/mol. The van der Waals surface area contributed by atoms with Crippen LogP contribution in [0.4, 0.5) is 24.5 Å². The number of para-hydroxylation sites is 1. The van der Waals surface area contributed by atoms with Crippen LogP contribution in [-0.4, -0.2) is 18.4 Å². The van der Waals surface area contributed by atoms with Gasteiger partial charge in [-0.2, -0.15) is 13.2 Å². The van der Waals surface area contributed by atoms with E-state index in [1.807, 2.05) is 25.1 Å². The first-order valence-corrected chi connectivity index (χ1v) is 9.78. The highest BCUT2D eigenvalue weighted by Crippen LogP contribution is 2.33. The summed E-state index contributed by atoms with van der Waals surface area (Å²) >= 11 is 5.86. The van der Waals surface area contributed by atoms with Gasteiger partial charge in [-0.25, -0.2) is 0 Å². The Morgan fingerprint density at radius 3 is 2.28 bits per heavy atom. The van der Waals surface area contributed by atoms with Crippen molar-refractivity contribution in [2.75, 3.05) is 17.2 Å². The number of halogens is 4. The SMILES string of the molecule is Cc1ccccc1NC(=O)c1ccc(OCC(=O)Nc2cc(C(F)(F)F)ccc2Cl)cc1. The highest BCUT2D eigenvalue weighted by molar-refractivity contribution is 6.33. The number of benzene rings is 3. The Labute approximate surface area is 187 Å². The summed E-state index contributed by atoms with van der Waals surface area (Å²) in [7, 11) is 0. The van der Waals surface area contributed by atoms with Gasteiger partial charge in [0.1, 0.15) is 5.75 Å². The molecule has 0 fully saturated rings. The summed E-state index contributed by atoms with van der Waals surface area (Å²) in [6, 6.07) is 16.1. The normalized spacial score (nSPS) is 11.0. The fourth-order valence-corrected chi connectivity index (χ4v) is 2.91. The molecule has 0 aromatic heterocycles. The van der Waals surface area contributed by atoms with Crippen LogP contribution in [0.2, 0.25) is 5.02 Å². The summed E-state index contributed by atoms with van der Waals surface area (Å²) in [5.41, 5.74) is 0.909. The first-order valence-electron chi connectivity index (χ1n) is 9.40. The number of hydrogen-bond acceptors (Lipinski definition) is 3. The number of alkyl halides is 3. The van der Waals surface area contributed by atoms with Gasteiger partial charge in [-0.1, -0.05) is 29.8 Å². The molecule has 9 heteroatoms. The number of aryl methyl sites for hydroxylation is 1. The van der Waals surface area contributed by atoms with E-state index in [1.54, 1.807) is 6.07 Å². The minimum absolute atomic E-state index is 0.0321. The second-order valence-electron chi connectivity index (χ2n) is 6.82. The van der Waals surface area contributed by atoms with Gasteiger partial charge in [-0.15, -0.1) is 0 Å². The molecule has 0 heterocycles. The van der Waals surface area contributed by atoms with Crippen molar-refractivity contribution in [1.82, 2.24) is 0 Å². The van der Waals surface area contributed by atoms with Crippen LogP contribution < -0.4 is 15.4 Å². The largest absolute Gasteiger partial charge is 0.484 e. The first kappa shape index (κ1) is 23.1. The van der Waals surface area contributed by atoms with E-state index in [2.05, 4.69) is 10.6 Å². The minimum Gasteiger partial charge on any atom is -0.484 e. The zero-order chi connectivity index (χ0) is 23.3. The van der Waals surface area contributed by atoms with Crippen molar-refractivity contribution in [3.05, 3.63) is 88.4 Å². The molecule has 0 aliphatic heterocycles. The number of amides is 2. The van der Waals surface area contributed by atoms with Crippen molar-refractivity contribution < 1.29 is 27.5 Å². The molecule has 2 amide bonds. The highest BCUT2D eigenvalue weighted by atomic mass is 35.5. The van der Waals surface area contributed by atoms with E-state index in [1.165, 1.54) is 24.3 Å². The lowest BCUT2D eigenvalue weighted by Crippen LogP contribution is -2.21. The summed E-state index contributed by atoms with van der Waals surface area (Å²) in [6.45, 7) is 1.42. The highest BCUT2D eigenvalue weighted by Gasteiger charge is 2.31. The third-order valence-electron chi connectivity index (χ3n) is 4.45. The fraction of sp³-hybridized carbons (Fsp3) is 0.130. The van der Waals surface area contributed by atoms with Crippen LogP contribution in [0.5, 0.6) is 5.75 Å². The third-order valence-corrected chi connectivity index (χ3v) is 4.78. The molecule has 2 N–H and O–H groups in total. The van der Waals surface area contributed by atoms with E-state index in [-0.39, 0.29) is 16.6 Å². The predicted octanol–water partition coefficient (Wildman–Crippen LogP) is 5.94. The Kier molecular flexibility index (Phi) is 7.05. The second-order valence-corrected chi connectivity index (χ2v) is 7.23. The molecule has 0 saturated carbocycles. The number of carbonyl (C=O) groups is 2. The van der Waals surface area contributed by atoms with Gasteiger partial charge in [-0.3, -0.25) is 9.59 Å². The van der Waals surface area contributed by atoms with Crippen LogP contribution in [0, 0.1) is 6.92 Å². The van der Waals surface area contributed by atoms with Crippen molar-refractivity contribution in [1.29, 1.82) is 0 Å². The summed E-state index contributed by atoms with van der Waals surface area (Å²) in [6.07, 6.45) is -4.56. The Morgan fingerprint density at radius 2 is 1.62 bits per heavy atom. The topological polar surface area (TPSA) is 67.4 Å².